The van der Waals surface area contributed by atoms with Crippen molar-refractivity contribution in [3.8, 4) is 17.2 Å². The predicted octanol–water partition coefficient (Wildman–Crippen LogP) is 4.70. The highest BCUT2D eigenvalue weighted by atomic mass is 19.4. The van der Waals surface area contributed by atoms with Gasteiger partial charge in [0.2, 0.25) is 0 Å². The number of hydrogen-bond donors (Lipinski definition) is 2. The maximum absolute atomic E-state index is 10.6. The van der Waals surface area contributed by atoms with E-state index in [4.69, 9.17) is 9.90 Å². The van der Waals surface area contributed by atoms with E-state index in [1.54, 1.807) is 0 Å². The first kappa shape index (κ1) is 21.4. The number of carboxylic acids is 1. The second-order valence-electron chi connectivity index (χ2n) is 7.08. The quantitative estimate of drug-likeness (QED) is 0.637. The van der Waals surface area contributed by atoms with Crippen LogP contribution in [0.2, 0.25) is 0 Å². The van der Waals surface area contributed by atoms with Crippen LogP contribution in [0.1, 0.15) is 38.1 Å². The van der Waals surface area contributed by atoms with Crippen molar-refractivity contribution in [2.45, 2.75) is 44.3 Å². The largest absolute Gasteiger partial charge is 0.490 e. The summed E-state index contributed by atoms with van der Waals surface area (Å²) in [6.07, 6.45) is 8.12. The van der Waals surface area contributed by atoms with Crippen LogP contribution in [0.5, 0.6) is 0 Å². The summed E-state index contributed by atoms with van der Waals surface area (Å²) in [5.74, 6) is -2.18. The van der Waals surface area contributed by atoms with Crippen LogP contribution in [0.3, 0.4) is 0 Å². The van der Waals surface area contributed by atoms with Crippen LogP contribution >= 0.6 is 0 Å². The van der Waals surface area contributed by atoms with Crippen molar-refractivity contribution in [3.05, 3.63) is 36.9 Å². The third kappa shape index (κ3) is 4.79. The lowest BCUT2D eigenvalue weighted by Crippen LogP contribution is -2.21. The molecular formula is C20H20F3N5O2. The average Bonchev–Trinajstić information content (AvgIpc) is 3.47. The molecule has 0 amide bonds. The van der Waals surface area contributed by atoms with Crippen LogP contribution in [0.25, 0.3) is 22.2 Å². The lowest BCUT2D eigenvalue weighted by molar-refractivity contribution is -0.192. The molecular weight excluding hydrogens is 399 g/mol. The molecule has 3 heterocycles. The van der Waals surface area contributed by atoms with Gasteiger partial charge in [0.25, 0.3) is 0 Å². The average molecular weight is 419 g/mol. The summed E-state index contributed by atoms with van der Waals surface area (Å²) in [5.41, 5.74) is 3.10. The summed E-state index contributed by atoms with van der Waals surface area (Å²) in [5, 5.41) is 22.0. The number of carboxylic acid groups (broad SMARTS) is 1. The van der Waals surface area contributed by atoms with Gasteiger partial charge < -0.3 is 10.1 Å². The molecule has 30 heavy (non-hydrogen) atoms. The molecule has 0 saturated heterocycles. The van der Waals surface area contributed by atoms with Crippen LogP contribution in [0.15, 0.2) is 36.9 Å². The van der Waals surface area contributed by atoms with Gasteiger partial charge in [0, 0.05) is 29.5 Å². The summed E-state index contributed by atoms with van der Waals surface area (Å²) < 4.78 is 33.7. The second-order valence-corrected chi connectivity index (χ2v) is 7.08. The van der Waals surface area contributed by atoms with Crippen molar-refractivity contribution in [3.63, 3.8) is 0 Å². The molecule has 3 aromatic heterocycles. The fourth-order valence-electron chi connectivity index (χ4n) is 3.78. The minimum Gasteiger partial charge on any atom is -0.475 e. The Morgan fingerprint density at radius 2 is 2.07 bits per heavy atom. The smallest absolute Gasteiger partial charge is 0.475 e. The van der Waals surface area contributed by atoms with Gasteiger partial charge in [-0.1, -0.05) is 12.8 Å². The molecule has 3 aromatic rings. The minimum atomic E-state index is -5.08. The third-order valence-electron chi connectivity index (χ3n) is 5.20. The Labute approximate surface area is 170 Å². The molecule has 0 bridgehead atoms. The number of pyridine rings is 1. The molecule has 0 spiro atoms. The molecule has 0 aliphatic heterocycles. The van der Waals surface area contributed by atoms with E-state index in [2.05, 4.69) is 27.3 Å². The lowest BCUT2D eigenvalue weighted by Gasteiger charge is -2.21. The van der Waals surface area contributed by atoms with E-state index in [0.29, 0.717) is 12.3 Å². The number of H-pyrrole nitrogens is 1. The number of aliphatic carboxylic acids is 1. The highest BCUT2D eigenvalue weighted by Crippen LogP contribution is 2.36. The first-order valence-corrected chi connectivity index (χ1v) is 9.45. The summed E-state index contributed by atoms with van der Waals surface area (Å²) in [6, 6.07) is 6.60. The fraction of sp³-hybridized carbons (Fsp3) is 0.400. The van der Waals surface area contributed by atoms with E-state index in [1.165, 1.54) is 25.7 Å². The SMILES string of the molecule is N#CC[C@@H](C1CCCC1)n1cc(-c2ccnc3[nH]ccc23)cn1.O=C(O)C(F)(F)F. The van der Waals surface area contributed by atoms with Gasteiger partial charge in [-0.3, -0.25) is 4.68 Å². The van der Waals surface area contributed by atoms with Crippen LogP contribution in [0, 0.1) is 17.2 Å². The van der Waals surface area contributed by atoms with Crippen molar-refractivity contribution in [1.29, 1.82) is 5.26 Å². The molecule has 1 atom stereocenters. The molecule has 1 saturated carbocycles. The number of halogens is 3. The lowest BCUT2D eigenvalue weighted by atomic mass is 9.96. The Bertz CT molecular complexity index is 1040. The number of carbonyl (C=O) groups is 1. The zero-order valence-corrected chi connectivity index (χ0v) is 15.9. The Morgan fingerprint density at radius 1 is 1.37 bits per heavy atom. The van der Waals surface area contributed by atoms with Gasteiger partial charge in [0.15, 0.2) is 0 Å². The molecule has 0 aromatic carbocycles. The van der Waals surface area contributed by atoms with Crippen LogP contribution in [-0.4, -0.2) is 37.0 Å². The maximum atomic E-state index is 10.6. The molecule has 1 aliphatic carbocycles. The van der Waals surface area contributed by atoms with E-state index >= 15 is 0 Å². The number of hydrogen-bond acceptors (Lipinski definition) is 4. The number of rotatable bonds is 4. The van der Waals surface area contributed by atoms with E-state index in [9.17, 15) is 18.4 Å². The summed E-state index contributed by atoms with van der Waals surface area (Å²) in [7, 11) is 0. The molecule has 1 fully saturated rings. The summed E-state index contributed by atoms with van der Waals surface area (Å²) in [4.78, 5) is 16.4. The fourth-order valence-corrected chi connectivity index (χ4v) is 3.78. The van der Waals surface area contributed by atoms with E-state index in [0.717, 1.165) is 22.2 Å². The number of nitrogens with one attached hydrogen (secondary N) is 1. The van der Waals surface area contributed by atoms with E-state index < -0.39 is 12.1 Å². The van der Waals surface area contributed by atoms with Gasteiger partial charge in [-0.2, -0.15) is 23.5 Å². The Hall–Kier alpha value is -3.35. The Balaban J connectivity index is 0.000000318. The number of alkyl halides is 3. The maximum Gasteiger partial charge on any atom is 0.490 e. The van der Waals surface area contributed by atoms with Crippen molar-refractivity contribution < 1.29 is 23.1 Å². The highest BCUT2D eigenvalue weighted by Gasteiger charge is 2.38. The van der Waals surface area contributed by atoms with Gasteiger partial charge in [0.1, 0.15) is 5.65 Å². The monoisotopic (exact) mass is 419 g/mol. The van der Waals surface area contributed by atoms with Gasteiger partial charge in [0.05, 0.1) is 24.7 Å². The second kappa shape index (κ2) is 8.98. The standard InChI is InChI=1S/C18H19N5.C2HF3O2/c19-8-5-17(13-3-1-2-4-13)23-12-14(11-22-23)15-6-9-20-18-16(15)7-10-21-18;3-2(4,5)1(6)7/h6-7,9-13,17H,1-5H2,(H,20,21);(H,6,7)/t17-;/m0./s1. The first-order chi connectivity index (χ1) is 14.3. The van der Waals surface area contributed by atoms with Gasteiger partial charge in [-0.05, 0) is 36.5 Å². The normalized spacial score (nSPS) is 15.4. The Kier molecular flexibility index (Phi) is 6.40. The first-order valence-electron chi connectivity index (χ1n) is 9.45. The molecule has 158 valence electrons. The summed E-state index contributed by atoms with van der Waals surface area (Å²) >= 11 is 0. The molecule has 0 radical (unpaired) electrons. The molecule has 4 rings (SSSR count). The Morgan fingerprint density at radius 3 is 2.70 bits per heavy atom. The van der Waals surface area contributed by atoms with Crippen molar-refractivity contribution in [2.75, 3.05) is 0 Å². The zero-order valence-electron chi connectivity index (χ0n) is 15.9. The number of nitriles is 1. The topological polar surface area (TPSA) is 108 Å². The van der Waals surface area contributed by atoms with Crippen LogP contribution in [0.4, 0.5) is 13.2 Å². The molecule has 2 N–H and O–H groups in total. The molecule has 0 unspecified atom stereocenters. The molecule has 1 aliphatic rings. The van der Waals surface area contributed by atoms with E-state index in [-0.39, 0.29) is 6.04 Å². The van der Waals surface area contributed by atoms with E-state index in [1.807, 2.05) is 35.4 Å². The highest BCUT2D eigenvalue weighted by molar-refractivity contribution is 5.92. The zero-order chi connectivity index (χ0) is 21.7. The molecule has 10 heteroatoms. The number of aromatic nitrogens is 4. The van der Waals surface area contributed by atoms with Crippen LogP contribution < -0.4 is 0 Å². The molecule has 7 nitrogen and oxygen atoms in total. The van der Waals surface area contributed by atoms with Crippen molar-refractivity contribution in [1.82, 2.24) is 19.7 Å². The van der Waals surface area contributed by atoms with Crippen LogP contribution in [-0.2, 0) is 4.79 Å². The van der Waals surface area contributed by atoms with Gasteiger partial charge in [-0.25, -0.2) is 9.78 Å². The number of fused-ring (bicyclic) bond motifs is 1. The van der Waals surface area contributed by atoms with Crippen molar-refractivity contribution >= 4 is 17.0 Å². The van der Waals surface area contributed by atoms with Gasteiger partial charge in [-0.15, -0.1) is 0 Å². The third-order valence-corrected chi connectivity index (χ3v) is 5.20. The van der Waals surface area contributed by atoms with Gasteiger partial charge >= 0.3 is 12.1 Å². The number of nitrogens with zero attached hydrogens (tertiary/aromatic N) is 4. The minimum absolute atomic E-state index is 0.194. The predicted molar refractivity (Wildman–Crippen MR) is 102 cm³/mol. The number of aromatic amines is 1. The van der Waals surface area contributed by atoms with Crippen molar-refractivity contribution in [2.24, 2.45) is 5.92 Å². The summed E-state index contributed by atoms with van der Waals surface area (Å²) in [6.45, 7) is 0.